The molecule has 2 unspecified atom stereocenters. The average Bonchev–Trinajstić information content (AvgIpc) is 3.16. The number of hydrogen-bond donors (Lipinski definition) is 2. The largest absolute Gasteiger partial charge is 0.459 e. The third-order valence-electron chi connectivity index (χ3n) is 3.48. The van der Waals surface area contributed by atoms with Gasteiger partial charge in [-0.05, 0) is 49.7 Å². The summed E-state index contributed by atoms with van der Waals surface area (Å²) in [7, 11) is 0. The van der Waals surface area contributed by atoms with Crippen molar-refractivity contribution in [3.05, 3.63) is 54.2 Å². The van der Waals surface area contributed by atoms with Crippen LogP contribution in [-0.2, 0) is 14.3 Å². The molecule has 1 aromatic carbocycles. The van der Waals surface area contributed by atoms with E-state index in [9.17, 15) is 18.8 Å². The van der Waals surface area contributed by atoms with Gasteiger partial charge in [0.2, 0.25) is 0 Å². The Labute approximate surface area is 149 Å². The lowest BCUT2D eigenvalue weighted by Crippen LogP contribution is -2.42. The van der Waals surface area contributed by atoms with Crippen LogP contribution in [0.2, 0.25) is 0 Å². The van der Waals surface area contributed by atoms with Crippen LogP contribution in [-0.4, -0.2) is 29.9 Å². The monoisotopic (exact) mass is 362 g/mol. The molecule has 0 aliphatic rings. The Morgan fingerprint density at radius 2 is 1.88 bits per heavy atom. The first-order chi connectivity index (χ1) is 12.4. The minimum atomic E-state index is -1.05. The Bertz CT molecular complexity index is 758. The first-order valence-corrected chi connectivity index (χ1v) is 8.02. The number of anilines is 1. The molecule has 2 atom stereocenters. The fraction of sp³-hybridized carbons (Fsp3) is 0.278. The minimum Gasteiger partial charge on any atom is -0.459 e. The van der Waals surface area contributed by atoms with Gasteiger partial charge >= 0.3 is 5.97 Å². The summed E-state index contributed by atoms with van der Waals surface area (Å²) in [6.45, 7) is 3.11. The predicted octanol–water partition coefficient (Wildman–Crippen LogP) is 2.50. The third-order valence-corrected chi connectivity index (χ3v) is 3.48. The van der Waals surface area contributed by atoms with Gasteiger partial charge in [0.1, 0.15) is 11.9 Å². The van der Waals surface area contributed by atoms with E-state index in [1.807, 2.05) is 0 Å². The molecule has 138 valence electrons. The van der Waals surface area contributed by atoms with Crippen LogP contribution in [0, 0.1) is 5.82 Å². The highest BCUT2D eigenvalue weighted by molar-refractivity contribution is 5.97. The van der Waals surface area contributed by atoms with Crippen molar-refractivity contribution in [2.45, 2.75) is 32.4 Å². The molecule has 7 nitrogen and oxygen atoms in total. The average molecular weight is 362 g/mol. The summed E-state index contributed by atoms with van der Waals surface area (Å²) < 4.78 is 23.0. The number of furan rings is 1. The molecule has 8 heteroatoms. The highest BCUT2D eigenvalue weighted by Gasteiger charge is 2.26. The number of carbonyl (C=O) groups is 3. The van der Waals surface area contributed by atoms with Crippen molar-refractivity contribution < 1.29 is 27.9 Å². The molecule has 0 bridgehead atoms. The molecule has 0 saturated heterocycles. The van der Waals surface area contributed by atoms with Crippen molar-refractivity contribution in [2.75, 3.05) is 5.32 Å². The number of hydrogen-bond acceptors (Lipinski definition) is 5. The molecule has 0 aliphatic heterocycles. The highest BCUT2D eigenvalue weighted by Crippen LogP contribution is 2.11. The van der Waals surface area contributed by atoms with E-state index >= 15 is 0 Å². The van der Waals surface area contributed by atoms with Gasteiger partial charge in [-0.3, -0.25) is 9.59 Å². The Balaban J connectivity index is 1.90. The van der Waals surface area contributed by atoms with Crippen LogP contribution < -0.4 is 10.6 Å². The van der Waals surface area contributed by atoms with Crippen LogP contribution in [0.25, 0.3) is 0 Å². The Morgan fingerprint density at radius 1 is 1.19 bits per heavy atom. The van der Waals surface area contributed by atoms with Gasteiger partial charge in [0.15, 0.2) is 11.9 Å². The van der Waals surface area contributed by atoms with Gasteiger partial charge in [0.25, 0.3) is 11.8 Å². The summed E-state index contributed by atoms with van der Waals surface area (Å²) in [5.41, 5.74) is 0.380. The van der Waals surface area contributed by atoms with Crippen LogP contribution in [0.1, 0.15) is 30.8 Å². The summed E-state index contributed by atoms with van der Waals surface area (Å²) in [6, 6.07) is 7.23. The molecule has 2 amide bonds. The van der Waals surface area contributed by atoms with Crippen LogP contribution in [0.15, 0.2) is 47.1 Å². The van der Waals surface area contributed by atoms with E-state index in [0.717, 1.165) is 0 Å². The van der Waals surface area contributed by atoms with Gasteiger partial charge in [0, 0.05) is 5.69 Å². The number of ether oxygens (including phenoxy) is 1. The first-order valence-electron chi connectivity index (χ1n) is 8.02. The summed E-state index contributed by atoms with van der Waals surface area (Å²) in [5.74, 6) is -2.24. The molecule has 1 heterocycles. The Morgan fingerprint density at radius 3 is 2.46 bits per heavy atom. The summed E-state index contributed by atoms with van der Waals surface area (Å²) in [5, 5.41) is 4.97. The number of halogens is 1. The fourth-order valence-corrected chi connectivity index (χ4v) is 2.05. The van der Waals surface area contributed by atoms with Crippen molar-refractivity contribution >= 4 is 23.5 Å². The molecule has 26 heavy (non-hydrogen) atoms. The lowest BCUT2D eigenvalue weighted by atomic mass is 10.2. The molecular formula is C18H19FN2O5. The van der Waals surface area contributed by atoms with Crippen LogP contribution >= 0.6 is 0 Å². The predicted molar refractivity (Wildman–Crippen MR) is 90.8 cm³/mol. The van der Waals surface area contributed by atoms with Crippen LogP contribution in [0.4, 0.5) is 10.1 Å². The molecule has 0 saturated carbocycles. The maximum absolute atomic E-state index is 12.9. The molecule has 2 N–H and O–H groups in total. The van der Waals surface area contributed by atoms with E-state index in [2.05, 4.69) is 10.6 Å². The van der Waals surface area contributed by atoms with Crippen molar-refractivity contribution in [3.8, 4) is 0 Å². The van der Waals surface area contributed by atoms with Gasteiger partial charge in [-0.2, -0.15) is 0 Å². The van der Waals surface area contributed by atoms with Gasteiger partial charge in [-0.1, -0.05) is 6.92 Å². The molecule has 2 rings (SSSR count). The summed E-state index contributed by atoms with van der Waals surface area (Å²) in [4.78, 5) is 36.2. The van der Waals surface area contributed by atoms with Crippen molar-refractivity contribution in [1.29, 1.82) is 0 Å². The molecule has 0 aliphatic carbocycles. The molecule has 2 aromatic rings. The number of benzene rings is 1. The van der Waals surface area contributed by atoms with Crippen LogP contribution in [0.5, 0.6) is 0 Å². The topological polar surface area (TPSA) is 97.6 Å². The smallest absolute Gasteiger partial charge is 0.329 e. The van der Waals surface area contributed by atoms with E-state index in [-0.39, 0.29) is 12.2 Å². The zero-order valence-electron chi connectivity index (χ0n) is 14.3. The lowest BCUT2D eigenvalue weighted by molar-refractivity contribution is -0.155. The fourth-order valence-electron chi connectivity index (χ4n) is 2.05. The molecular weight excluding hydrogens is 343 g/mol. The maximum atomic E-state index is 12.9. The third kappa shape index (κ3) is 5.17. The zero-order chi connectivity index (χ0) is 19.1. The quantitative estimate of drug-likeness (QED) is 0.738. The van der Waals surface area contributed by atoms with Crippen LogP contribution in [0.3, 0.4) is 0 Å². The van der Waals surface area contributed by atoms with E-state index in [1.165, 1.54) is 43.5 Å². The maximum Gasteiger partial charge on any atom is 0.329 e. The SMILES string of the molecule is CCC(OC(=O)C(C)NC(=O)c1ccco1)C(=O)Nc1ccc(F)cc1. The second-order valence-corrected chi connectivity index (χ2v) is 5.50. The molecule has 1 aromatic heterocycles. The summed E-state index contributed by atoms with van der Waals surface area (Å²) >= 11 is 0. The Kier molecular flexibility index (Phi) is 6.48. The van der Waals surface area contributed by atoms with Gasteiger partial charge in [-0.15, -0.1) is 0 Å². The number of nitrogens with one attached hydrogen (secondary N) is 2. The second kappa shape index (κ2) is 8.80. The lowest BCUT2D eigenvalue weighted by Gasteiger charge is -2.19. The minimum absolute atomic E-state index is 0.0609. The highest BCUT2D eigenvalue weighted by atomic mass is 19.1. The number of rotatable bonds is 7. The van der Waals surface area contributed by atoms with E-state index < -0.39 is 35.7 Å². The van der Waals surface area contributed by atoms with Gasteiger partial charge < -0.3 is 19.8 Å². The number of esters is 1. The van der Waals surface area contributed by atoms with Crippen molar-refractivity contribution in [2.24, 2.45) is 0 Å². The molecule has 0 fully saturated rings. The Hall–Kier alpha value is -3.16. The van der Waals surface area contributed by atoms with E-state index in [4.69, 9.17) is 9.15 Å². The summed E-state index contributed by atoms with van der Waals surface area (Å²) in [6.07, 6.45) is 0.526. The number of amides is 2. The normalized spacial score (nSPS) is 12.7. The van der Waals surface area contributed by atoms with Gasteiger partial charge in [-0.25, -0.2) is 9.18 Å². The number of carbonyl (C=O) groups excluding carboxylic acids is 3. The van der Waals surface area contributed by atoms with E-state index in [1.54, 1.807) is 13.0 Å². The standard InChI is InChI=1S/C18H19FN2O5/c1-3-14(16(22)21-13-8-6-12(19)7-9-13)26-18(24)11(2)20-17(23)15-5-4-10-25-15/h4-11,14H,3H2,1-2H3,(H,20,23)(H,21,22). The van der Waals surface area contributed by atoms with Gasteiger partial charge in [0.05, 0.1) is 6.26 Å². The second-order valence-electron chi connectivity index (χ2n) is 5.50. The molecule has 0 spiro atoms. The van der Waals surface area contributed by atoms with Crippen molar-refractivity contribution in [3.63, 3.8) is 0 Å². The van der Waals surface area contributed by atoms with Crippen molar-refractivity contribution in [1.82, 2.24) is 5.32 Å². The van der Waals surface area contributed by atoms with E-state index in [0.29, 0.717) is 5.69 Å². The first kappa shape index (κ1) is 19.2. The molecule has 0 radical (unpaired) electrons. The zero-order valence-corrected chi connectivity index (χ0v) is 14.3.